The van der Waals surface area contributed by atoms with Crippen LogP contribution in [-0.2, 0) is 19.0 Å². The van der Waals surface area contributed by atoms with E-state index in [1.807, 2.05) is 4.90 Å². The molecule has 3 aromatic rings. The molecule has 0 bridgehead atoms. The highest BCUT2D eigenvalue weighted by molar-refractivity contribution is 5.66. The maximum absolute atomic E-state index is 14.0. The van der Waals surface area contributed by atoms with Gasteiger partial charge in [0.15, 0.2) is 0 Å². The van der Waals surface area contributed by atoms with Gasteiger partial charge in [0.2, 0.25) is 5.88 Å². The molecule has 6 nitrogen and oxygen atoms in total. The van der Waals surface area contributed by atoms with Gasteiger partial charge in [-0.1, -0.05) is 0 Å². The molecule has 1 fully saturated rings. The van der Waals surface area contributed by atoms with E-state index < -0.39 is 17.3 Å². The first kappa shape index (κ1) is 21.5. The lowest BCUT2D eigenvalue weighted by Crippen LogP contribution is -2.28. The average Bonchev–Trinajstić information content (AvgIpc) is 3.51. The molecule has 0 amide bonds. The topological polar surface area (TPSA) is 60.2 Å². The summed E-state index contributed by atoms with van der Waals surface area (Å²) in [6, 6.07) is 7.38. The van der Waals surface area contributed by atoms with E-state index in [0.717, 1.165) is 48.7 Å². The smallest absolute Gasteiger partial charge is 0.418 e. The van der Waals surface area contributed by atoms with Crippen molar-refractivity contribution in [3.05, 3.63) is 63.6 Å². The van der Waals surface area contributed by atoms with Gasteiger partial charge >= 0.3 is 6.18 Å². The average molecular weight is 456 g/mol. The van der Waals surface area contributed by atoms with Crippen molar-refractivity contribution in [2.45, 2.75) is 38.3 Å². The molecule has 1 aromatic carbocycles. The number of anilines is 1. The second kappa shape index (κ2) is 8.20. The van der Waals surface area contributed by atoms with Crippen LogP contribution in [-0.4, -0.2) is 35.0 Å². The van der Waals surface area contributed by atoms with E-state index in [2.05, 4.69) is 10.1 Å². The number of fused-ring (bicyclic) bond motifs is 1. The molecule has 2 aliphatic rings. The number of rotatable bonds is 4. The second-order valence-electron chi connectivity index (χ2n) is 8.36. The Kier molecular flexibility index (Phi) is 5.34. The SMILES string of the molecule is COc1cc(-c2nn(-c3cc(N4CCCC4)ccc3C(F)(F)F)c(=O)c3c2CCC3)ccn1. The minimum atomic E-state index is -4.63. The zero-order valence-corrected chi connectivity index (χ0v) is 18.2. The van der Waals surface area contributed by atoms with Crippen LogP contribution in [0.5, 0.6) is 5.88 Å². The molecule has 5 rings (SSSR count). The second-order valence-corrected chi connectivity index (χ2v) is 8.36. The number of hydrogen-bond acceptors (Lipinski definition) is 5. The van der Waals surface area contributed by atoms with Gasteiger partial charge in [0.05, 0.1) is 24.1 Å². The van der Waals surface area contributed by atoms with Crippen molar-refractivity contribution in [1.82, 2.24) is 14.8 Å². The number of pyridine rings is 1. The number of nitrogens with zero attached hydrogens (tertiary/aromatic N) is 4. The highest BCUT2D eigenvalue weighted by Crippen LogP contribution is 2.37. The van der Waals surface area contributed by atoms with Crippen molar-refractivity contribution >= 4 is 5.69 Å². The number of alkyl halides is 3. The highest BCUT2D eigenvalue weighted by atomic mass is 19.4. The molecule has 9 heteroatoms. The number of halogens is 3. The maximum atomic E-state index is 14.0. The summed E-state index contributed by atoms with van der Waals surface area (Å²) in [4.78, 5) is 19.5. The normalized spacial score (nSPS) is 15.7. The summed E-state index contributed by atoms with van der Waals surface area (Å²) in [5.41, 5.74) is 1.50. The van der Waals surface area contributed by atoms with Gasteiger partial charge in [-0.05, 0) is 61.9 Å². The van der Waals surface area contributed by atoms with Crippen molar-refractivity contribution < 1.29 is 17.9 Å². The van der Waals surface area contributed by atoms with Crippen molar-refractivity contribution in [1.29, 1.82) is 0 Å². The molecular weight excluding hydrogens is 433 g/mol. The number of benzene rings is 1. The molecule has 0 radical (unpaired) electrons. The molecule has 172 valence electrons. The fourth-order valence-corrected chi connectivity index (χ4v) is 4.75. The zero-order valence-electron chi connectivity index (χ0n) is 18.2. The van der Waals surface area contributed by atoms with Crippen LogP contribution >= 0.6 is 0 Å². The van der Waals surface area contributed by atoms with Gasteiger partial charge in [-0.2, -0.15) is 23.0 Å². The predicted octanol–water partition coefficient (Wildman–Crippen LogP) is 4.41. The van der Waals surface area contributed by atoms with Crippen molar-refractivity contribution in [2.24, 2.45) is 0 Å². The summed E-state index contributed by atoms with van der Waals surface area (Å²) in [7, 11) is 1.49. The van der Waals surface area contributed by atoms with Crippen molar-refractivity contribution in [2.75, 3.05) is 25.1 Å². The maximum Gasteiger partial charge on any atom is 0.418 e. The fraction of sp³-hybridized carbons (Fsp3) is 0.375. The summed E-state index contributed by atoms with van der Waals surface area (Å²) in [5, 5.41) is 4.50. The largest absolute Gasteiger partial charge is 0.481 e. The summed E-state index contributed by atoms with van der Waals surface area (Å²) in [6.45, 7) is 1.55. The van der Waals surface area contributed by atoms with E-state index in [9.17, 15) is 18.0 Å². The fourth-order valence-electron chi connectivity index (χ4n) is 4.75. The van der Waals surface area contributed by atoms with Crippen molar-refractivity contribution in [3.8, 4) is 22.8 Å². The molecule has 0 spiro atoms. The lowest BCUT2D eigenvalue weighted by atomic mass is 10.0. The van der Waals surface area contributed by atoms with Crippen LogP contribution in [0, 0.1) is 0 Å². The molecule has 0 saturated carbocycles. The Morgan fingerprint density at radius 3 is 2.48 bits per heavy atom. The van der Waals surface area contributed by atoms with E-state index in [-0.39, 0.29) is 5.69 Å². The number of aromatic nitrogens is 3. The van der Waals surface area contributed by atoms with Gasteiger partial charge in [-0.25, -0.2) is 4.98 Å². The summed E-state index contributed by atoms with van der Waals surface area (Å²) in [5.74, 6) is 0.366. The van der Waals surface area contributed by atoms with Crippen molar-refractivity contribution in [3.63, 3.8) is 0 Å². The molecule has 1 aliphatic carbocycles. The van der Waals surface area contributed by atoms with Crippen LogP contribution < -0.4 is 15.2 Å². The molecule has 1 saturated heterocycles. The van der Waals surface area contributed by atoms with Gasteiger partial charge in [0.1, 0.15) is 0 Å². The Labute approximate surface area is 188 Å². The van der Waals surface area contributed by atoms with E-state index in [4.69, 9.17) is 4.74 Å². The Morgan fingerprint density at radius 2 is 1.76 bits per heavy atom. The summed E-state index contributed by atoms with van der Waals surface area (Å²) in [6.07, 6.45) is 0.826. The predicted molar refractivity (Wildman–Crippen MR) is 118 cm³/mol. The molecular formula is C24H23F3N4O2. The zero-order chi connectivity index (χ0) is 23.2. The van der Waals surface area contributed by atoms with Crippen LogP contribution in [0.1, 0.15) is 36.0 Å². The van der Waals surface area contributed by atoms with Crippen LogP contribution in [0.15, 0.2) is 41.3 Å². The van der Waals surface area contributed by atoms with Gasteiger partial charge in [0, 0.05) is 42.2 Å². The lowest BCUT2D eigenvalue weighted by Gasteiger charge is -2.22. The standard InChI is InChI=1S/C24H23F3N4O2/c1-33-21-13-15(9-10-28-21)22-17-5-4-6-18(17)23(32)31(29-22)20-14-16(30-11-2-3-12-30)7-8-19(20)24(25,26)27/h7-10,13-14H,2-6,11-12H2,1H3. The quantitative estimate of drug-likeness (QED) is 0.582. The van der Waals surface area contributed by atoms with Gasteiger partial charge in [0.25, 0.3) is 5.56 Å². The molecule has 1 aliphatic heterocycles. The molecule has 3 heterocycles. The Bertz CT molecular complexity index is 1260. The Hall–Kier alpha value is -3.36. The monoisotopic (exact) mass is 456 g/mol. The van der Waals surface area contributed by atoms with E-state index >= 15 is 0 Å². The van der Waals surface area contributed by atoms with Gasteiger partial charge in [-0.15, -0.1) is 0 Å². The Morgan fingerprint density at radius 1 is 1.00 bits per heavy atom. The molecule has 33 heavy (non-hydrogen) atoms. The molecule has 0 N–H and O–H groups in total. The van der Waals surface area contributed by atoms with E-state index in [1.54, 1.807) is 18.3 Å². The minimum absolute atomic E-state index is 0.242. The molecule has 0 unspecified atom stereocenters. The Balaban J connectivity index is 1.76. The molecule has 2 aromatic heterocycles. The van der Waals surface area contributed by atoms with Crippen LogP contribution in [0.25, 0.3) is 16.9 Å². The van der Waals surface area contributed by atoms with E-state index in [1.165, 1.54) is 19.2 Å². The molecule has 0 atom stereocenters. The third-order valence-corrected chi connectivity index (χ3v) is 6.36. The number of ether oxygens (including phenoxy) is 1. The first-order valence-corrected chi connectivity index (χ1v) is 11.0. The van der Waals surface area contributed by atoms with Gasteiger partial charge < -0.3 is 9.64 Å². The summed E-state index contributed by atoms with van der Waals surface area (Å²) < 4.78 is 48.1. The minimum Gasteiger partial charge on any atom is -0.481 e. The lowest BCUT2D eigenvalue weighted by molar-refractivity contribution is -0.137. The van der Waals surface area contributed by atoms with Crippen LogP contribution in [0.4, 0.5) is 18.9 Å². The number of methoxy groups -OCH3 is 1. The number of hydrogen-bond donors (Lipinski definition) is 0. The first-order chi connectivity index (χ1) is 15.9. The van der Waals surface area contributed by atoms with E-state index in [0.29, 0.717) is 41.2 Å². The third kappa shape index (κ3) is 3.85. The summed E-state index contributed by atoms with van der Waals surface area (Å²) >= 11 is 0. The highest BCUT2D eigenvalue weighted by Gasteiger charge is 2.36. The van der Waals surface area contributed by atoms with Crippen LogP contribution in [0.2, 0.25) is 0 Å². The third-order valence-electron chi connectivity index (χ3n) is 6.36. The van der Waals surface area contributed by atoms with Crippen LogP contribution in [0.3, 0.4) is 0 Å². The first-order valence-electron chi connectivity index (χ1n) is 11.0. The van der Waals surface area contributed by atoms with Gasteiger partial charge in [-0.3, -0.25) is 4.79 Å².